The van der Waals surface area contributed by atoms with Crippen molar-refractivity contribution in [2.24, 2.45) is 5.41 Å². The predicted octanol–water partition coefficient (Wildman–Crippen LogP) is 4.69. The van der Waals surface area contributed by atoms with Crippen molar-refractivity contribution in [3.63, 3.8) is 0 Å². The van der Waals surface area contributed by atoms with Crippen LogP contribution in [0.15, 0.2) is 43.0 Å². The van der Waals surface area contributed by atoms with Crippen molar-refractivity contribution < 1.29 is 14.3 Å². The Hall–Kier alpha value is -1.61. The van der Waals surface area contributed by atoms with Crippen molar-refractivity contribution in [1.29, 1.82) is 0 Å². The second-order valence-electron chi connectivity index (χ2n) is 5.58. The van der Waals surface area contributed by atoms with Crippen LogP contribution in [-0.4, -0.2) is 19.7 Å². The van der Waals surface area contributed by atoms with Gasteiger partial charge in [-0.2, -0.15) is 0 Å². The topological polar surface area (TPSA) is 35.5 Å². The lowest BCUT2D eigenvalue weighted by atomic mass is 9.74. The van der Waals surface area contributed by atoms with E-state index < -0.39 is 5.41 Å². The van der Waals surface area contributed by atoms with E-state index in [1.807, 2.05) is 43.3 Å². The molecule has 0 amide bonds. The number of benzene rings is 1. The van der Waals surface area contributed by atoms with Crippen LogP contribution in [0.3, 0.4) is 0 Å². The van der Waals surface area contributed by atoms with Crippen LogP contribution in [0.5, 0.6) is 0 Å². The van der Waals surface area contributed by atoms with Crippen molar-refractivity contribution in [1.82, 2.24) is 0 Å². The number of rotatable bonds is 10. The highest BCUT2D eigenvalue weighted by molar-refractivity contribution is 5.77. The molecule has 0 N–H and O–H groups in total. The molecule has 1 aromatic rings. The van der Waals surface area contributed by atoms with Gasteiger partial charge in [-0.1, -0.05) is 49.8 Å². The fourth-order valence-corrected chi connectivity index (χ4v) is 2.96. The Morgan fingerprint density at radius 2 is 2.00 bits per heavy atom. The summed E-state index contributed by atoms with van der Waals surface area (Å²) >= 11 is 0. The first-order chi connectivity index (χ1) is 10.6. The Labute approximate surface area is 134 Å². The molecule has 0 radical (unpaired) electrons. The minimum atomic E-state index is -0.566. The third kappa shape index (κ3) is 4.70. The standard InChI is InChI=1S/C19H28O3/c1-5-13-19(14-6-2,18(20)22-7-3)15-17(21-4)16-11-9-8-10-12-16/h5,8-12,17H,1,6-7,13-15H2,2-4H3/t17-,19+/m1/s1. The summed E-state index contributed by atoms with van der Waals surface area (Å²) < 4.78 is 11.0. The number of esters is 1. The molecule has 0 aliphatic heterocycles. The molecule has 0 spiro atoms. The zero-order valence-electron chi connectivity index (χ0n) is 14.0. The summed E-state index contributed by atoms with van der Waals surface area (Å²) in [5.41, 5.74) is 0.516. The maximum absolute atomic E-state index is 12.6. The smallest absolute Gasteiger partial charge is 0.312 e. The SMILES string of the molecule is C=CC[C@](CCC)(C[C@@H](OC)c1ccccc1)C(=O)OCC. The van der Waals surface area contributed by atoms with E-state index in [4.69, 9.17) is 9.47 Å². The molecule has 1 aromatic carbocycles. The molecular formula is C19H28O3. The van der Waals surface area contributed by atoms with Crippen LogP contribution in [0.1, 0.15) is 51.2 Å². The molecule has 0 fully saturated rings. The van der Waals surface area contributed by atoms with E-state index >= 15 is 0 Å². The van der Waals surface area contributed by atoms with Crippen LogP contribution in [0.2, 0.25) is 0 Å². The van der Waals surface area contributed by atoms with Crippen LogP contribution < -0.4 is 0 Å². The van der Waals surface area contributed by atoms with Gasteiger partial charge in [0.1, 0.15) is 0 Å². The van der Waals surface area contributed by atoms with E-state index in [0.717, 1.165) is 18.4 Å². The van der Waals surface area contributed by atoms with E-state index in [9.17, 15) is 4.79 Å². The number of carbonyl (C=O) groups excluding carboxylic acids is 1. The summed E-state index contributed by atoms with van der Waals surface area (Å²) in [4.78, 5) is 12.6. The van der Waals surface area contributed by atoms with Crippen molar-refractivity contribution in [2.75, 3.05) is 13.7 Å². The fraction of sp³-hybridized carbons (Fsp3) is 0.526. The van der Waals surface area contributed by atoms with Crippen LogP contribution in [0, 0.1) is 5.41 Å². The minimum Gasteiger partial charge on any atom is -0.466 e. The molecule has 3 heteroatoms. The molecule has 0 saturated carbocycles. The number of ether oxygens (including phenoxy) is 2. The van der Waals surface area contributed by atoms with Crippen LogP contribution >= 0.6 is 0 Å². The second kappa shape index (κ2) is 9.42. The Bertz CT molecular complexity index is 455. The first kappa shape index (κ1) is 18.4. The average Bonchev–Trinajstić information content (AvgIpc) is 2.54. The number of hydrogen-bond donors (Lipinski definition) is 0. The molecule has 3 nitrogen and oxygen atoms in total. The van der Waals surface area contributed by atoms with Gasteiger partial charge in [-0.3, -0.25) is 4.79 Å². The maximum atomic E-state index is 12.6. The molecule has 122 valence electrons. The first-order valence-electron chi connectivity index (χ1n) is 7.99. The highest BCUT2D eigenvalue weighted by Crippen LogP contribution is 2.40. The first-order valence-corrected chi connectivity index (χ1v) is 7.99. The number of methoxy groups -OCH3 is 1. The van der Waals surface area contributed by atoms with Gasteiger partial charge < -0.3 is 9.47 Å². The summed E-state index contributed by atoms with van der Waals surface area (Å²) in [6.45, 7) is 8.15. The van der Waals surface area contributed by atoms with Gasteiger partial charge in [0, 0.05) is 7.11 Å². The molecule has 0 unspecified atom stereocenters. The summed E-state index contributed by atoms with van der Waals surface area (Å²) in [6.07, 6.45) is 4.57. The number of hydrogen-bond acceptors (Lipinski definition) is 3. The van der Waals surface area contributed by atoms with E-state index in [1.54, 1.807) is 7.11 Å². The zero-order chi connectivity index (χ0) is 16.4. The normalized spacial score (nSPS) is 14.9. The molecule has 0 aliphatic carbocycles. The van der Waals surface area contributed by atoms with Crippen LogP contribution in [0.25, 0.3) is 0 Å². The van der Waals surface area contributed by atoms with Gasteiger partial charge in [0.2, 0.25) is 0 Å². The summed E-state index contributed by atoms with van der Waals surface area (Å²) in [5.74, 6) is -0.144. The molecule has 0 bridgehead atoms. The number of allylic oxidation sites excluding steroid dienone is 1. The largest absolute Gasteiger partial charge is 0.466 e. The highest BCUT2D eigenvalue weighted by Gasteiger charge is 2.40. The van der Waals surface area contributed by atoms with Gasteiger partial charge >= 0.3 is 5.97 Å². The van der Waals surface area contributed by atoms with E-state index in [1.165, 1.54) is 0 Å². The van der Waals surface area contributed by atoms with Crippen molar-refractivity contribution in [3.05, 3.63) is 48.6 Å². The van der Waals surface area contributed by atoms with Crippen molar-refractivity contribution >= 4 is 5.97 Å². The highest BCUT2D eigenvalue weighted by atomic mass is 16.5. The number of carbonyl (C=O) groups is 1. The second-order valence-corrected chi connectivity index (χ2v) is 5.58. The summed E-state index contributed by atoms with van der Waals surface area (Å²) in [7, 11) is 1.69. The van der Waals surface area contributed by atoms with Gasteiger partial charge in [-0.05, 0) is 31.7 Å². The van der Waals surface area contributed by atoms with Gasteiger partial charge in [0.25, 0.3) is 0 Å². The molecule has 1 rings (SSSR count). The Morgan fingerprint density at radius 3 is 2.50 bits per heavy atom. The fourth-order valence-electron chi connectivity index (χ4n) is 2.96. The zero-order valence-corrected chi connectivity index (χ0v) is 14.0. The third-order valence-electron chi connectivity index (χ3n) is 4.00. The third-order valence-corrected chi connectivity index (χ3v) is 4.00. The minimum absolute atomic E-state index is 0.128. The molecule has 0 aliphatic rings. The maximum Gasteiger partial charge on any atom is 0.312 e. The molecule has 0 saturated heterocycles. The van der Waals surface area contributed by atoms with E-state index in [2.05, 4.69) is 13.5 Å². The van der Waals surface area contributed by atoms with Crippen LogP contribution in [0.4, 0.5) is 0 Å². The Kier molecular flexibility index (Phi) is 7.89. The molecule has 0 aromatic heterocycles. The van der Waals surface area contributed by atoms with Gasteiger partial charge in [0.05, 0.1) is 18.1 Å². The Morgan fingerprint density at radius 1 is 1.32 bits per heavy atom. The molecule has 2 atom stereocenters. The Balaban J connectivity index is 3.08. The average molecular weight is 304 g/mol. The summed E-state index contributed by atoms with van der Waals surface area (Å²) in [5, 5.41) is 0. The molecule has 22 heavy (non-hydrogen) atoms. The van der Waals surface area contributed by atoms with Gasteiger partial charge in [-0.25, -0.2) is 0 Å². The predicted molar refractivity (Wildman–Crippen MR) is 89.6 cm³/mol. The van der Waals surface area contributed by atoms with Gasteiger partial charge in [-0.15, -0.1) is 6.58 Å². The summed E-state index contributed by atoms with van der Waals surface area (Å²) in [6, 6.07) is 10.0. The molecular weight excluding hydrogens is 276 g/mol. The van der Waals surface area contributed by atoms with E-state index in [-0.39, 0.29) is 12.1 Å². The van der Waals surface area contributed by atoms with Crippen molar-refractivity contribution in [2.45, 2.75) is 45.6 Å². The quantitative estimate of drug-likeness (QED) is 0.464. The van der Waals surface area contributed by atoms with E-state index in [0.29, 0.717) is 19.4 Å². The lowest BCUT2D eigenvalue weighted by Gasteiger charge is -2.33. The molecule has 0 heterocycles. The monoisotopic (exact) mass is 304 g/mol. The van der Waals surface area contributed by atoms with Gasteiger partial charge in [0.15, 0.2) is 0 Å². The lowest BCUT2D eigenvalue weighted by molar-refractivity contribution is -0.158. The van der Waals surface area contributed by atoms with Crippen molar-refractivity contribution in [3.8, 4) is 0 Å². The lowest BCUT2D eigenvalue weighted by Crippen LogP contribution is -2.35. The van der Waals surface area contributed by atoms with Crippen LogP contribution in [-0.2, 0) is 14.3 Å².